The molecule has 3 rings (SSSR count). The zero-order valence-electron chi connectivity index (χ0n) is 8.51. The summed E-state index contributed by atoms with van der Waals surface area (Å²) in [6.07, 6.45) is 9.04. The maximum Gasteiger partial charge on any atom is 0.0977 e. The Morgan fingerprint density at radius 3 is 2.56 bits per heavy atom. The quantitative estimate of drug-likeness (QED) is 0.415. The second kappa shape index (κ2) is 3.32. The second-order valence-electron chi connectivity index (χ2n) is 3.54. The topological polar surface area (TPSA) is 25.8 Å². The average Bonchev–Trinajstić information content (AvgIpc) is 2.38. The van der Waals surface area contributed by atoms with Crippen LogP contribution in [0.1, 0.15) is 5.56 Å². The molecule has 0 saturated carbocycles. The van der Waals surface area contributed by atoms with Crippen molar-refractivity contribution in [3.05, 3.63) is 48.3 Å². The van der Waals surface area contributed by atoms with Crippen molar-refractivity contribution >= 4 is 21.8 Å². The average molecular weight is 204 g/mol. The highest BCUT2D eigenvalue weighted by Gasteiger charge is 2.05. The lowest BCUT2D eigenvalue weighted by Crippen LogP contribution is -1.87. The number of pyridine rings is 2. The Morgan fingerprint density at radius 2 is 1.75 bits per heavy atom. The molecule has 0 aliphatic rings. The molecule has 0 fully saturated rings. The van der Waals surface area contributed by atoms with Gasteiger partial charge in [-0.3, -0.25) is 9.97 Å². The molecule has 0 aliphatic heterocycles. The van der Waals surface area contributed by atoms with Crippen molar-refractivity contribution in [1.82, 2.24) is 9.97 Å². The first kappa shape index (κ1) is 8.87. The van der Waals surface area contributed by atoms with Crippen LogP contribution in [0.25, 0.3) is 21.8 Å². The van der Waals surface area contributed by atoms with Crippen molar-refractivity contribution in [3.63, 3.8) is 0 Å². The van der Waals surface area contributed by atoms with Crippen LogP contribution in [0.15, 0.2) is 42.7 Å². The van der Waals surface area contributed by atoms with Gasteiger partial charge in [-0.05, 0) is 24.3 Å². The minimum atomic E-state index is 0.864. The van der Waals surface area contributed by atoms with E-state index in [1.54, 1.807) is 12.4 Å². The van der Waals surface area contributed by atoms with Gasteiger partial charge in [-0.2, -0.15) is 0 Å². The lowest BCUT2D eigenvalue weighted by Gasteiger charge is -2.04. The van der Waals surface area contributed by atoms with E-state index in [1.165, 1.54) is 0 Å². The van der Waals surface area contributed by atoms with Crippen molar-refractivity contribution in [2.24, 2.45) is 0 Å². The highest BCUT2D eigenvalue weighted by Crippen LogP contribution is 2.24. The molecule has 0 bridgehead atoms. The number of nitrogens with zero attached hydrogens (tertiary/aromatic N) is 2. The third-order valence-electron chi connectivity index (χ3n) is 2.62. The van der Waals surface area contributed by atoms with Crippen molar-refractivity contribution < 1.29 is 0 Å². The Morgan fingerprint density at radius 1 is 1.00 bits per heavy atom. The summed E-state index contributed by atoms with van der Waals surface area (Å²) in [5.41, 5.74) is 2.63. The Bertz CT molecular complexity index is 723. The fourth-order valence-corrected chi connectivity index (χ4v) is 1.90. The number of hydrogen-bond acceptors (Lipinski definition) is 2. The van der Waals surface area contributed by atoms with Crippen LogP contribution in [0.4, 0.5) is 0 Å². The maximum atomic E-state index is 5.51. The lowest BCUT2D eigenvalue weighted by atomic mass is 10.0. The van der Waals surface area contributed by atoms with Gasteiger partial charge >= 0.3 is 0 Å². The Balaban J connectivity index is 2.64. The first-order valence-corrected chi connectivity index (χ1v) is 4.99. The summed E-state index contributed by atoms with van der Waals surface area (Å²) in [6, 6.07) is 9.74. The molecule has 2 heteroatoms. The van der Waals surface area contributed by atoms with Crippen LogP contribution in [-0.2, 0) is 0 Å². The molecule has 74 valence electrons. The molecular weight excluding hydrogens is 196 g/mol. The van der Waals surface area contributed by atoms with E-state index in [0.29, 0.717) is 0 Å². The third kappa shape index (κ3) is 1.15. The molecule has 2 nitrogen and oxygen atoms in total. The van der Waals surface area contributed by atoms with Crippen LogP contribution in [0.5, 0.6) is 0 Å². The predicted octanol–water partition coefficient (Wildman–Crippen LogP) is 2.76. The van der Waals surface area contributed by atoms with Gasteiger partial charge in [-0.15, -0.1) is 6.42 Å². The smallest absolute Gasteiger partial charge is 0.0977 e. The van der Waals surface area contributed by atoms with Gasteiger partial charge in [0, 0.05) is 28.7 Å². The Hall–Kier alpha value is -2.40. The van der Waals surface area contributed by atoms with E-state index in [-0.39, 0.29) is 0 Å². The minimum absolute atomic E-state index is 0.864. The third-order valence-corrected chi connectivity index (χ3v) is 2.62. The van der Waals surface area contributed by atoms with Crippen LogP contribution < -0.4 is 0 Å². The molecule has 0 amide bonds. The molecular formula is C14H8N2. The van der Waals surface area contributed by atoms with Gasteiger partial charge in [0.2, 0.25) is 0 Å². The van der Waals surface area contributed by atoms with E-state index in [1.807, 2.05) is 30.3 Å². The van der Waals surface area contributed by atoms with Gasteiger partial charge in [0.05, 0.1) is 11.0 Å². The molecule has 0 atom stereocenters. The van der Waals surface area contributed by atoms with Gasteiger partial charge < -0.3 is 0 Å². The number of hydrogen-bond donors (Lipinski definition) is 0. The fraction of sp³-hybridized carbons (Fsp3) is 0. The van der Waals surface area contributed by atoms with E-state index in [4.69, 9.17) is 6.42 Å². The molecule has 2 heterocycles. The second-order valence-corrected chi connectivity index (χ2v) is 3.54. The molecule has 0 N–H and O–H groups in total. The molecule has 16 heavy (non-hydrogen) atoms. The van der Waals surface area contributed by atoms with Gasteiger partial charge in [0.1, 0.15) is 0 Å². The molecule has 0 spiro atoms. The SMILES string of the molecule is C#Cc1cc2cccnc2c2ncccc12. The Kier molecular flexibility index (Phi) is 1.84. The normalized spacial score (nSPS) is 10.4. The van der Waals surface area contributed by atoms with E-state index < -0.39 is 0 Å². The van der Waals surface area contributed by atoms with Crippen molar-refractivity contribution in [2.75, 3.05) is 0 Å². The number of fused-ring (bicyclic) bond motifs is 3. The summed E-state index contributed by atoms with van der Waals surface area (Å²) < 4.78 is 0. The zero-order chi connectivity index (χ0) is 11.0. The lowest BCUT2D eigenvalue weighted by molar-refractivity contribution is 1.37. The van der Waals surface area contributed by atoms with Crippen molar-refractivity contribution in [1.29, 1.82) is 0 Å². The summed E-state index contributed by atoms with van der Waals surface area (Å²) in [5, 5.41) is 2.01. The molecule has 0 aliphatic carbocycles. The molecule has 0 radical (unpaired) electrons. The predicted molar refractivity (Wildman–Crippen MR) is 65.0 cm³/mol. The number of benzene rings is 1. The molecule has 2 aromatic heterocycles. The standard InChI is InChI=1S/C14H8N2/c1-2-10-9-11-5-3-7-15-13(11)14-12(10)6-4-8-16-14/h1,3-9H. The summed E-state index contributed by atoms with van der Waals surface area (Å²) in [4.78, 5) is 8.71. The van der Waals surface area contributed by atoms with Crippen LogP contribution in [-0.4, -0.2) is 9.97 Å². The summed E-state index contributed by atoms with van der Waals surface area (Å²) >= 11 is 0. The number of aromatic nitrogens is 2. The van der Waals surface area contributed by atoms with Crippen LogP contribution in [0.3, 0.4) is 0 Å². The monoisotopic (exact) mass is 204 g/mol. The van der Waals surface area contributed by atoms with Gasteiger partial charge in [0.25, 0.3) is 0 Å². The first-order valence-electron chi connectivity index (χ1n) is 4.99. The highest BCUT2D eigenvalue weighted by atomic mass is 14.7. The Labute approximate surface area is 93.0 Å². The van der Waals surface area contributed by atoms with Gasteiger partial charge in [-0.25, -0.2) is 0 Å². The summed E-state index contributed by atoms with van der Waals surface area (Å²) in [6.45, 7) is 0. The van der Waals surface area contributed by atoms with Crippen LogP contribution in [0, 0.1) is 12.3 Å². The summed E-state index contributed by atoms with van der Waals surface area (Å²) in [5.74, 6) is 2.69. The van der Waals surface area contributed by atoms with Crippen molar-refractivity contribution in [3.8, 4) is 12.3 Å². The zero-order valence-corrected chi connectivity index (χ0v) is 8.51. The highest BCUT2D eigenvalue weighted by molar-refractivity contribution is 6.05. The van der Waals surface area contributed by atoms with E-state index >= 15 is 0 Å². The van der Waals surface area contributed by atoms with Crippen LogP contribution >= 0.6 is 0 Å². The fourth-order valence-electron chi connectivity index (χ4n) is 1.90. The van der Waals surface area contributed by atoms with Crippen LogP contribution in [0.2, 0.25) is 0 Å². The molecule has 0 saturated heterocycles. The molecule has 1 aromatic carbocycles. The van der Waals surface area contributed by atoms with Gasteiger partial charge in [0.15, 0.2) is 0 Å². The van der Waals surface area contributed by atoms with Gasteiger partial charge in [-0.1, -0.05) is 12.0 Å². The first-order chi connectivity index (χ1) is 7.90. The molecule has 3 aromatic rings. The van der Waals surface area contributed by atoms with Crippen molar-refractivity contribution in [2.45, 2.75) is 0 Å². The molecule has 0 unspecified atom stereocenters. The van der Waals surface area contributed by atoms with E-state index in [0.717, 1.165) is 27.4 Å². The maximum absolute atomic E-state index is 5.51. The van der Waals surface area contributed by atoms with E-state index in [2.05, 4.69) is 15.9 Å². The van der Waals surface area contributed by atoms with E-state index in [9.17, 15) is 0 Å². The largest absolute Gasteiger partial charge is 0.254 e. The summed E-state index contributed by atoms with van der Waals surface area (Å²) in [7, 11) is 0. The number of terminal acetylenes is 1. The number of rotatable bonds is 0. The minimum Gasteiger partial charge on any atom is -0.254 e.